The fourth-order valence-corrected chi connectivity index (χ4v) is 5.92. The van der Waals surface area contributed by atoms with Gasteiger partial charge in [0, 0.05) is 17.6 Å². The Morgan fingerprint density at radius 1 is 1.03 bits per heavy atom. The molecule has 0 radical (unpaired) electrons. The molecule has 2 atom stereocenters. The summed E-state index contributed by atoms with van der Waals surface area (Å²) in [5.74, 6) is 1.40. The molecule has 7 nitrogen and oxygen atoms in total. The Kier molecular flexibility index (Phi) is 9.63. The summed E-state index contributed by atoms with van der Waals surface area (Å²) in [6, 6.07) is 7.99. The van der Waals surface area contributed by atoms with Gasteiger partial charge in [0.05, 0.1) is 36.8 Å². The van der Waals surface area contributed by atoms with Crippen LogP contribution in [0.1, 0.15) is 80.2 Å². The van der Waals surface area contributed by atoms with Crippen molar-refractivity contribution in [1.29, 1.82) is 0 Å². The van der Waals surface area contributed by atoms with Gasteiger partial charge in [-0.25, -0.2) is 0 Å². The highest BCUT2D eigenvalue weighted by Crippen LogP contribution is 2.43. The van der Waals surface area contributed by atoms with Crippen LogP contribution < -0.4 is 9.47 Å². The molecular formula is C30H49BN2O5Si. The average molecular weight is 557 g/mol. The van der Waals surface area contributed by atoms with E-state index in [-0.39, 0.29) is 24.2 Å². The van der Waals surface area contributed by atoms with Gasteiger partial charge in [0.15, 0.2) is 19.8 Å². The molecule has 1 aliphatic rings. The van der Waals surface area contributed by atoms with Crippen LogP contribution in [-0.2, 0) is 13.7 Å². The van der Waals surface area contributed by atoms with Crippen molar-refractivity contribution in [2.24, 2.45) is 0 Å². The molecule has 9 heteroatoms. The van der Waals surface area contributed by atoms with Crippen molar-refractivity contribution in [2.45, 2.75) is 116 Å². The minimum atomic E-state index is -2.03. The Bertz CT molecular complexity index is 1100. The minimum absolute atomic E-state index is 0.00265. The topological polar surface area (TPSA) is 71.9 Å². The van der Waals surface area contributed by atoms with Crippen LogP contribution >= 0.6 is 0 Å². The first-order chi connectivity index (χ1) is 18.0. The zero-order chi connectivity index (χ0) is 29.2. The number of methoxy groups -OCH3 is 1. The molecule has 2 aromatic rings. The van der Waals surface area contributed by atoms with Crippen LogP contribution in [0.2, 0.25) is 24.5 Å². The van der Waals surface area contributed by atoms with Crippen LogP contribution in [0.5, 0.6) is 11.5 Å². The highest BCUT2D eigenvalue weighted by Gasteiger charge is 2.52. The van der Waals surface area contributed by atoms with Crippen molar-refractivity contribution in [3.05, 3.63) is 36.0 Å². The van der Waals surface area contributed by atoms with Crippen LogP contribution in [0.4, 0.5) is 0 Å². The number of benzene rings is 1. The van der Waals surface area contributed by atoms with Gasteiger partial charge in [0.2, 0.25) is 0 Å². The maximum Gasteiger partial charge on any atom is 0.458 e. The molecule has 0 N–H and O–H groups in total. The molecule has 1 aromatic carbocycles. The molecule has 1 aliphatic heterocycles. The lowest BCUT2D eigenvalue weighted by molar-refractivity contribution is 0.00578. The number of aromatic nitrogens is 2. The van der Waals surface area contributed by atoms with E-state index in [0.717, 1.165) is 23.2 Å². The fraction of sp³-hybridized carbons (Fsp3) is 0.667. The summed E-state index contributed by atoms with van der Waals surface area (Å²) in [4.78, 5) is 0. The summed E-state index contributed by atoms with van der Waals surface area (Å²) in [6.45, 7) is 24.6. The van der Waals surface area contributed by atoms with E-state index in [1.165, 1.54) is 0 Å². The van der Waals surface area contributed by atoms with Gasteiger partial charge in [-0.15, -0.1) is 0 Å². The summed E-state index contributed by atoms with van der Waals surface area (Å²) >= 11 is 0. The average Bonchev–Trinajstić information content (AvgIpc) is 3.05. The molecular weight excluding hydrogens is 507 g/mol. The summed E-state index contributed by atoms with van der Waals surface area (Å²) in [5, 5.41) is 9.00. The van der Waals surface area contributed by atoms with Gasteiger partial charge in [0.25, 0.3) is 0 Å². The van der Waals surface area contributed by atoms with Crippen molar-refractivity contribution in [3.63, 3.8) is 0 Å². The van der Waals surface area contributed by atoms with Crippen molar-refractivity contribution >= 4 is 15.4 Å². The van der Waals surface area contributed by atoms with Crippen molar-refractivity contribution in [1.82, 2.24) is 10.2 Å². The van der Waals surface area contributed by atoms with E-state index < -0.39 is 19.5 Å². The smallest absolute Gasteiger partial charge is 0.458 e. The maximum atomic E-state index is 6.92. The molecule has 2 unspecified atom stereocenters. The van der Waals surface area contributed by atoms with E-state index in [2.05, 4.69) is 91.7 Å². The van der Waals surface area contributed by atoms with Gasteiger partial charge in [-0.05, 0) is 95.3 Å². The van der Waals surface area contributed by atoms with Gasteiger partial charge >= 0.3 is 7.12 Å². The number of rotatable bonds is 11. The molecule has 39 heavy (non-hydrogen) atoms. The molecule has 2 heterocycles. The first-order valence-electron chi connectivity index (χ1n) is 14.2. The van der Waals surface area contributed by atoms with Gasteiger partial charge < -0.3 is 23.2 Å². The molecule has 0 saturated carbocycles. The summed E-state index contributed by atoms with van der Waals surface area (Å²) in [7, 11) is -0.731. The number of hydrogen-bond donors (Lipinski definition) is 0. The van der Waals surface area contributed by atoms with Crippen molar-refractivity contribution < 1.29 is 23.2 Å². The molecule has 1 saturated heterocycles. The Hall–Kier alpha value is -1.94. The van der Waals surface area contributed by atoms with Crippen molar-refractivity contribution in [2.75, 3.05) is 13.7 Å². The summed E-state index contributed by atoms with van der Waals surface area (Å²) in [5.41, 5.74) is 1.95. The second-order valence-corrected chi connectivity index (χ2v) is 18.0. The Labute approximate surface area is 237 Å². The molecule has 216 valence electrons. The number of hydrogen-bond acceptors (Lipinski definition) is 7. The van der Waals surface area contributed by atoms with Gasteiger partial charge in [-0.3, -0.25) is 0 Å². The lowest BCUT2D eigenvalue weighted by Gasteiger charge is -2.40. The first kappa shape index (κ1) is 31.6. The Morgan fingerprint density at radius 2 is 1.67 bits per heavy atom. The van der Waals surface area contributed by atoms with E-state index in [9.17, 15) is 0 Å². The maximum absolute atomic E-state index is 6.92. The number of nitrogens with zero attached hydrogens (tertiary/aromatic N) is 2. The lowest BCUT2D eigenvalue weighted by atomic mass is 9.73. The quantitative estimate of drug-likeness (QED) is 0.265. The van der Waals surface area contributed by atoms with Crippen LogP contribution in [0.15, 0.2) is 30.5 Å². The molecule has 0 spiro atoms. The molecule has 1 aromatic heterocycles. The minimum Gasteiger partial charge on any atom is -0.493 e. The summed E-state index contributed by atoms with van der Waals surface area (Å²) in [6.07, 6.45) is 3.35. The van der Waals surface area contributed by atoms with Gasteiger partial charge in [0.1, 0.15) is 0 Å². The SMILES string of the molecule is CCCOc1cc(-c2cc(C(CB3OC(C)(C)C(C)(C)O3)C(C)O[Si](C)(C)C(C)(C)C)cnn2)ccc1OC. The van der Waals surface area contributed by atoms with Crippen LogP contribution in [0.3, 0.4) is 0 Å². The monoisotopic (exact) mass is 556 g/mol. The van der Waals surface area contributed by atoms with Gasteiger partial charge in [-0.2, -0.15) is 10.2 Å². The Morgan fingerprint density at radius 3 is 2.23 bits per heavy atom. The van der Waals surface area contributed by atoms with E-state index in [1.54, 1.807) is 7.11 Å². The molecule has 0 bridgehead atoms. The molecule has 1 fully saturated rings. The van der Waals surface area contributed by atoms with E-state index in [4.69, 9.17) is 23.2 Å². The third-order valence-corrected chi connectivity index (χ3v) is 13.2. The largest absolute Gasteiger partial charge is 0.493 e. The van der Waals surface area contributed by atoms with Crippen LogP contribution in [-0.4, -0.2) is 56.7 Å². The van der Waals surface area contributed by atoms with Gasteiger partial charge in [-0.1, -0.05) is 27.7 Å². The summed E-state index contributed by atoms with van der Waals surface area (Å²) < 4.78 is 31.2. The Balaban J connectivity index is 1.99. The van der Waals surface area contributed by atoms with E-state index in [0.29, 0.717) is 24.4 Å². The zero-order valence-corrected chi connectivity index (χ0v) is 27.2. The van der Waals surface area contributed by atoms with E-state index in [1.807, 2.05) is 24.4 Å². The second kappa shape index (κ2) is 11.9. The number of ether oxygens (including phenoxy) is 2. The van der Waals surface area contributed by atoms with E-state index >= 15 is 0 Å². The fourth-order valence-electron chi connectivity index (χ4n) is 4.48. The first-order valence-corrected chi connectivity index (χ1v) is 17.1. The molecule has 0 aliphatic carbocycles. The lowest BCUT2D eigenvalue weighted by Crippen LogP contribution is -2.45. The standard InChI is InChI=1S/C30H49BN2O5Si/c1-13-16-35-27-18-22(14-15-26(27)34-10)25-17-23(20-32-33-25)24(21(2)36-39(11,12)28(3,4)5)19-31-37-29(6,7)30(8,9)38-31/h14-15,17-18,20-21,24H,13,16,19H2,1-12H3. The van der Waals surface area contributed by atoms with Crippen LogP contribution in [0.25, 0.3) is 11.3 Å². The third-order valence-electron chi connectivity index (χ3n) is 8.63. The highest BCUT2D eigenvalue weighted by atomic mass is 28.4. The normalized spacial score (nSPS) is 18.6. The molecule has 0 amide bonds. The highest BCUT2D eigenvalue weighted by molar-refractivity contribution is 6.74. The zero-order valence-electron chi connectivity index (χ0n) is 26.2. The predicted molar refractivity (Wildman–Crippen MR) is 161 cm³/mol. The third kappa shape index (κ3) is 7.23. The predicted octanol–water partition coefficient (Wildman–Crippen LogP) is 7.53. The van der Waals surface area contributed by atoms with Crippen molar-refractivity contribution in [3.8, 4) is 22.8 Å². The second-order valence-electron chi connectivity index (χ2n) is 13.2. The van der Waals surface area contributed by atoms with Crippen LogP contribution in [0, 0.1) is 0 Å². The molecule has 3 rings (SSSR count).